The van der Waals surface area contributed by atoms with E-state index in [9.17, 15) is 5.11 Å². The average molecular weight is 256 g/mol. The maximum Gasteiger partial charge on any atom is 0.0667 e. The largest absolute Gasteiger partial charge is 0.392 e. The average Bonchev–Trinajstić information content (AvgIpc) is 2.26. The summed E-state index contributed by atoms with van der Waals surface area (Å²) in [6.45, 7) is 15.4. The number of rotatable bonds is 5. The lowest BCUT2D eigenvalue weighted by Crippen LogP contribution is -2.49. The molecule has 1 fully saturated rings. The number of aliphatic hydroxyl groups is 1. The molecular formula is C15H32N2O. The van der Waals surface area contributed by atoms with Crippen molar-refractivity contribution >= 4 is 0 Å². The van der Waals surface area contributed by atoms with E-state index in [1.54, 1.807) is 0 Å². The van der Waals surface area contributed by atoms with Crippen LogP contribution in [0.5, 0.6) is 0 Å². The van der Waals surface area contributed by atoms with Gasteiger partial charge >= 0.3 is 0 Å². The van der Waals surface area contributed by atoms with Crippen LogP contribution in [0.2, 0.25) is 0 Å². The van der Waals surface area contributed by atoms with Gasteiger partial charge in [-0.15, -0.1) is 0 Å². The zero-order chi connectivity index (χ0) is 13.8. The van der Waals surface area contributed by atoms with Crippen LogP contribution in [-0.4, -0.2) is 47.8 Å². The number of hydrogen-bond acceptors (Lipinski definition) is 3. The van der Waals surface area contributed by atoms with Gasteiger partial charge in [-0.05, 0) is 52.0 Å². The molecule has 1 aliphatic rings. The fraction of sp³-hybridized carbons (Fsp3) is 1.00. The molecule has 0 aliphatic carbocycles. The minimum absolute atomic E-state index is 0.115. The molecule has 1 rings (SSSR count). The predicted octanol–water partition coefficient (Wildman–Crippen LogP) is 2.25. The lowest BCUT2D eigenvalue weighted by molar-refractivity contribution is 0.0442. The van der Waals surface area contributed by atoms with Gasteiger partial charge in [0.05, 0.1) is 6.10 Å². The summed E-state index contributed by atoms with van der Waals surface area (Å²) in [6.07, 6.45) is 3.16. The third-order valence-electron chi connectivity index (χ3n) is 3.99. The van der Waals surface area contributed by atoms with Crippen molar-refractivity contribution in [2.75, 3.05) is 26.2 Å². The molecule has 2 unspecified atom stereocenters. The van der Waals surface area contributed by atoms with Gasteiger partial charge in [0.25, 0.3) is 0 Å². The Hall–Kier alpha value is -0.120. The Morgan fingerprint density at radius 1 is 1.28 bits per heavy atom. The lowest BCUT2D eigenvalue weighted by atomic mass is 9.85. The molecular weight excluding hydrogens is 224 g/mol. The van der Waals surface area contributed by atoms with E-state index in [0.717, 1.165) is 39.0 Å². The third kappa shape index (κ3) is 5.68. The molecule has 3 nitrogen and oxygen atoms in total. The predicted molar refractivity (Wildman–Crippen MR) is 77.8 cm³/mol. The zero-order valence-corrected chi connectivity index (χ0v) is 12.9. The Morgan fingerprint density at radius 2 is 1.94 bits per heavy atom. The second kappa shape index (κ2) is 6.36. The van der Waals surface area contributed by atoms with Gasteiger partial charge in [-0.25, -0.2) is 0 Å². The number of piperidine rings is 1. The Morgan fingerprint density at radius 3 is 2.44 bits per heavy atom. The van der Waals surface area contributed by atoms with Crippen LogP contribution < -0.4 is 5.32 Å². The zero-order valence-electron chi connectivity index (χ0n) is 12.9. The summed E-state index contributed by atoms with van der Waals surface area (Å²) >= 11 is 0. The smallest absolute Gasteiger partial charge is 0.0667 e. The highest BCUT2D eigenvalue weighted by Crippen LogP contribution is 2.24. The first-order chi connectivity index (χ1) is 8.24. The van der Waals surface area contributed by atoms with Crippen LogP contribution in [0, 0.1) is 5.41 Å². The molecule has 0 aromatic heterocycles. The van der Waals surface area contributed by atoms with Crippen LogP contribution >= 0.6 is 0 Å². The van der Waals surface area contributed by atoms with Crippen molar-refractivity contribution in [1.29, 1.82) is 0 Å². The summed E-state index contributed by atoms with van der Waals surface area (Å²) < 4.78 is 0. The number of aliphatic hydroxyl groups excluding tert-OH is 1. The van der Waals surface area contributed by atoms with Crippen LogP contribution in [-0.2, 0) is 0 Å². The first-order valence-corrected chi connectivity index (χ1v) is 7.39. The van der Waals surface area contributed by atoms with Crippen LogP contribution in [0.4, 0.5) is 0 Å². The van der Waals surface area contributed by atoms with Crippen LogP contribution in [0.25, 0.3) is 0 Å². The minimum Gasteiger partial charge on any atom is -0.392 e. The summed E-state index contributed by atoms with van der Waals surface area (Å²) in [7, 11) is 0. The Balaban J connectivity index is 2.48. The van der Waals surface area contributed by atoms with E-state index in [4.69, 9.17) is 0 Å². The molecule has 108 valence electrons. The third-order valence-corrected chi connectivity index (χ3v) is 3.99. The first-order valence-electron chi connectivity index (χ1n) is 7.39. The molecule has 0 aromatic rings. The van der Waals surface area contributed by atoms with E-state index >= 15 is 0 Å². The molecule has 0 aromatic carbocycles. The first kappa shape index (κ1) is 15.9. The molecule has 0 radical (unpaired) electrons. The standard InChI is InChI=1S/C15H32N2O/c1-6-15(5,11-16-14(2,3)4)12-17-9-7-8-13(18)10-17/h13,16,18H,6-12H2,1-5H3. The number of likely N-dealkylation sites (tertiary alicyclic amines) is 1. The van der Waals surface area contributed by atoms with E-state index in [2.05, 4.69) is 44.8 Å². The topological polar surface area (TPSA) is 35.5 Å². The van der Waals surface area contributed by atoms with E-state index < -0.39 is 0 Å². The second-order valence-corrected chi connectivity index (χ2v) is 7.30. The maximum atomic E-state index is 9.75. The van der Waals surface area contributed by atoms with Gasteiger partial charge in [-0.3, -0.25) is 0 Å². The number of β-amino-alcohol motifs (C(OH)–C–C–N with tert-alkyl or cyclic N) is 1. The molecule has 0 bridgehead atoms. The normalized spacial score (nSPS) is 26.0. The summed E-state index contributed by atoms with van der Waals surface area (Å²) in [5.74, 6) is 0. The SMILES string of the molecule is CCC(C)(CNC(C)(C)C)CN1CCCC(O)C1. The highest BCUT2D eigenvalue weighted by atomic mass is 16.3. The fourth-order valence-electron chi connectivity index (χ4n) is 2.49. The summed E-state index contributed by atoms with van der Waals surface area (Å²) in [5.41, 5.74) is 0.474. The number of hydrogen-bond donors (Lipinski definition) is 2. The molecule has 2 atom stereocenters. The van der Waals surface area contributed by atoms with Crippen LogP contribution in [0.1, 0.15) is 53.9 Å². The minimum atomic E-state index is -0.115. The van der Waals surface area contributed by atoms with Crippen molar-refractivity contribution in [3.8, 4) is 0 Å². The Labute approximate surface area is 113 Å². The van der Waals surface area contributed by atoms with Crippen molar-refractivity contribution in [2.45, 2.75) is 65.5 Å². The van der Waals surface area contributed by atoms with E-state index in [-0.39, 0.29) is 11.6 Å². The van der Waals surface area contributed by atoms with Crippen molar-refractivity contribution < 1.29 is 5.11 Å². The van der Waals surface area contributed by atoms with Gasteiger partial charge in [-0.1, -0.05) is 13.8 Å². The molecule has 0 amide bonds. The monoisotopic (exact) mass is 256 g/mol. The van der Waals surface area contributed by atoms with E-state index in [1.165, 1.54) is 6.42 Å². The van der Waals surface area contributed by atoms with Gasteiger partial charge < -0.3 is 15.3 Å². The summed E-state index contributed by atoms with van der Waals surface area (Å²) in [5, 5.41) is 13.4. The van der Waals surface area contributed by atoms with Crippen molar-refractivity contribution in [3.63, 3.8) is 0 Å². The van der Waals surface area contributed by atoms with Crippen molar-refractivity contribution in [1.82, 2.24) is 10.2 Å². The molecule has 1 saturated heterocycles. The second-order valence-electron chi connectivity index (χ2n) is 7.30. The highest BCUT2D eigenvalue weighted by molar-refractivity contribution is 4.85. The van der Waals surface area contributed by atoms with Crippen LogP contribution in [0.3, 0.4) is 0 Å². The Kier molecular flexibility index (Phi) is 5.63. The lowest BCUT2D eigenvalue weighted by Gasteiger charge is -2.39. The van der Waals surface area contributed by atoms with E-state index in [0.29, 0.717) is 5.41 Å². The van der Waals surface area contributed by atoms with Gasteiger partial charge in [0.1, 0.15) is 0 Å². The van der Waals surface area contributed by atoms with Gasteiger partial charge in [0.15, 0.2) is 0 Å². The van der Waals surface area contributed by atoms with Crippen LogP contribution in [0.15, 0.2) is 0 Å². The summed E-state index contributed by atoms with van der Waals surface area (Å²) in [4.78, 5) is 2.43. The maximum absolute atomic E-state index is 9.75. The van der Waals surface area contributed by atoms with Crippen molar-refractivity contribution in [2.24, 2.45) is 5.41 Å². The van der Waals surface area contributed by atoms with Gasteiger partial charge in [0.2, 0.25) is 0 Å². The summed E-state index contributed by atoms with van der Waals surface area (Å²) in [6, 6.07) is 0. The fourth-order valence-corrected chi connectivity index (χ4v) is 2.49. The number of nitrogens with one attached hydrogen (secondary N) is 1. The quantitative estimate of drug-likeness (QED) is 0.792. The van der Waals surface area contributed by atoms with Gasteiger partial charge in [-0.2, -0.15) is 0 Å². The highest BCUT2D eigenvalue weighted by Gasteiger charge is 2.29. The van der Waals surface area contributed by atoms with Gasteiger partial charge in [0, 0.05) is 25.2 Å². The Bertz CT molecular complexity index is 249. The molecule has 2 N–H and O–H groups in total. The van der Waals surface area contributed by atoms with E-state index in [1.807, 2.05) is 0 Å². The molecule has 0 saturated carbocycles. The molecule has 18 heavy (non-hydrogen) atoms. The molecule has 1 aliphatic heterocycles. The molecule has 0 spiro atoms. The molecule has 1 heterocycles. The van der Waals surface area contributed by atoms with Crippen molar-refractivity contribution in [3.05, 3.63) is 0 Å². The number of nitrogens with zero attached hydrogens (tertiary/aromatic N) is 1. The molecule has 3 heteroatoms.